The molecule has 3 aliphatic rings. The molecular formula is C44H46Cl4N12O4. The topological polar surface area (TPSA) is 176 Å². The molecule has 3 N–H and O–H groups in total. The van der Waals surface area contributed by atoms with Crippen molar-refractivity contribution < 1.29 is 19.1 Å². The van der Waals surface area contributed by atoms with Gasteiger partial charge in [-0.2, -0.15) is 0 Å². The van der Waals surface area contributed by atoms with Crippen molar-refractivity contribution in [2.75, 3.05) is 73.9 Å². The van der Waals surface area contributed by atoms with E-state index in [-0.39, 0.29) is 25.0 Å². The van der Waals surface area contributed by atoms with Gasteiger partial charge < -0.3 is 40.1 Å². The first-order valence-corrected chi connectivity index (χ1v) is 22.2. The number of hydrogen-bond donors (Lipinski definition) is 3. The lowest BCUT2D eigenvalue weighted by Crippen LogP contribution is -2.44. The van der Waals surface area contributed by atoms with Crippen molar-refractivity contribution in [3.8, 4) is 11.5 Å². The van der Waals surface area contributed by atoms with Gasteiger partial charge in [0.2, 0.25) is 11.9 Å². The zero-order chi connectivity index (χ0) is 45.1. The third-order valence-corrected chi connectivity index (χ3v) is 12.3. The molecule has 2 atom stereocenters. The van der Waals surface area contributed by atoms with Crippen LogP contribution in [-0.2, 0) is 9.59 Å². The highest BCUT2D eigenvalue weighted by Crippen LogP contribution is 2.31. The molecule has 0 spiro atoms. The van der Waals surface area contributed by atoms with Crippen LogP contribution >= 0.6 is 46.4 Å². The van der Waals surface area contributed by atoms with Crippen LogP contribution in [-0.4, -0.2) is 118 Å². The van der Waals surface area contributed by atoms with Crippen molar-refractivity contribution in [3.05, 3.63) is 92.1 Å². The maximum absolute atomic E-state index is 12.3. The average Bonchev–Trinajstić information content (AvgIpc) is 3.91. The van der Waals surface area contributed by atoms with E-state index in [2.05, 4.69) is 64.7 Å². The van der Waals surface area contributed by atoms with Gasteiger partial charge in [-0.25, -0.2) is 29.9 Å². The summed E-state index contributed by atoms with van der Waals surface area (Å²) >= 11 is 23.9. The third-order valence-electron chi connectivity index (χ3n) is 11.2. The molecule has 0 radical (unpaired) electrons. The summed E-state index contributed by atoms with van der Waals surface area (Å²) in [6.07, 6.45) is 3.30. The minimum Gasteiger partial charge on any atom is -0.482 e. The van der Waals surface area contributed by atoms with Gasteiger partial charge in [0, 0.05) is 54.3 Å². The maximum atomic E-state index is 12.3. The molecule has 2 amide bonds. The van der Waals surface area contributed by atoms with Gasteiger partial charge in [0.15, 0.2) is 13.2 Å². The summed E-state index contributed by atoms with van der Waals surface area (Å²) in [6, 6.07) is 18.3. The van der Waals surface area contributed by atoms with Crippen LogP contribution in [0.5, 0.6) is 11.5 Å². The Hall–Kier alpha value is -5.36. The van der Waals surface area contributed by atoms with Gasteiger partial charge in [0.1, 0.15) is 34.2 Å². The molecule has 9 rings (SSSR count). The lowest BCUT2D eigenvalue weighted by molar-refractivity contribution is -0.118. The van der Waals surface area contributed by atoms with Crippen LogP contribution in [0.4, 0.5) is 23.5 Å². The first-order valence-electron chi connectivity index (χ1n) is 20.7. The van der Waals surface area contributed by atoms with Crippen LogP contribution in [0.25, 0.3) is 22.1 Å². The van der Waals surface area contributed by atoms with E-state index in [9.17, 15) is 9.59 Å². The summed E-state index contributed by atoms with van der Waals surface area (Å²) in [5, 5.41) is 10.6. The van der Waals surface area contributed by atoms with E-state index >= 15 is 0 Å². The normalized spacial score (nSPS) is 17.1. The minimum absolute atomic E-state index is 0.207. The molecule has 6 aromatic rings. The molecular weight excluding hydrogens is 902 g/mol. The second kappa shape index (κ2) is 19.8. The minimum atomic E-state index is -0.355. The highest BCUT2D eigenvalue weighted by molar-refractivity contribution is 6.36. The largest absolute Gasteiger partial charge is 0.482 e. The number of hydrogen-bond acceptors (Lipinski definition) is 14. The first-order chi connectivity index (χ1) is 30.8. The molecule has 0 saturated carbocycles. The molecule has 3 fully saturated rings. The average molecular weight is 949 g/mol. The van der Waals surface area contributed by atoms with Crippen molar-refractivity contribution in [2.45, 2.75) is 51.2 Å². The fourth-order valence-electron chi connectivity index (χ4n) is 7.91. The highest BCUT2D eigenvalue weighted by Gasteiger charge is 2.39. The summed E-state index contributed by atoms with van der Waals surface area (Å²) in [5.74, 6) is 2.34. The van der Waals surface area contributed by atoms with Gasteiger partial charge in [-0.05, 0) is 108 Å². The molecule has 3 saturated heterocycles. The quantitative estimate of drug-likeness (QED) is 0.117. The Bertz CT molecular complexity index is 2700. The second-order valence-corrected chi connectivity index (χ2v) is 17.7. The summed E-state index contributed by atoms with van der Waals surface area (Å²) in [7, 11) is 4.25. The van der Waals surface area contributed by atoms with Gasteiger partial charge in [-0.1, -0.05) is 46.4 Å². The molecule has 2 bridgehead atoms. The van der Waals surface area contributed by atoms with Gasteiger partial charge in [0.25, 0.3) is 11.8 Å². The summed E-state index contributed by atoms with van der Waals surface area (Å²) < 4.78 is 10.9. The molecule has 3 aliphatic heterocycles. The number of piperidine rings is 1. The lowest BCUT2D eigenvalue weighted by Gasteiger charge is -2.35. The van der Waals surface area contributed by atoms with Gasteiger partial charge >= 0.3 is 0 Å². The first kappa shape index (κ1) is 45.2. The van der Waals surface area contributed by atoms with E-state index in [4.69, 9.17) is 65.8 Å². The van der Waals surface area contributed by atoms with Crippen LogP contribution in [0, 0.1) is 13.8 Å². The Labute approximate surface area is 390 Å². The maximum Gasteiger partial charge on any atom is 0.263 e. The van der Waals surface area contributed by atoms with Crippen molar-refractivity contribution in [1.82, 2.24) is 40.1 Å². The Balaban J connectivity index is 0.000000175. The van der Waals surface area contributed by atoms with Crippen LogP contribution in [0.2, 0.25) is 20.1 Å². The third kappa shape index (κ3) is 10.8. The van der Waals surface area contributed by atoms with Crippen molar-refractivity contribution >= 4 is 104 Å². The monoisotopic (exact) mass is 946 g/mol. The molecule has 334 valence electrons. The number of carbonyl (C=O) groups excluding carboxylic acids is 2. The molecule has 20 heteroatoms. The zero-order valence-corrected chi connectivity index (χ0v) is 38.6. The number of halogens is 4. The Morgan fingerprint density at radius 3 is 1.70 bits per heavy atom. The molecule has 4 aromatic heterocycles. The van der Waals surface area contributed by atoms with E-state index < -0.39 is 0 Å². The van der Waals surface area contributed by atoms with Gasteiger partial charge in [0.05, 0.1) is 32.5 Å². The van der Waals surface area contributed by atoms with Crippen LogP contribution < -0.4 is 35.2 Å². The Kier molecular flexibility index (Phi) is 14.0. The number of nitrogens with one attached hydrogen (secondary N) is 3. The number of rotatable bonds is 11. The number of amides is 2. The predicted octanol–water partition coefficient (Wildman–Crippen LogP) is 7.40. The van der Waals surface area contributed by atoms with Gasteiger partial charge in [-0.3, -0.25) is 9.59 Å². The molecule has 16 nitrogen and oxygen atoms in total. The van der Waals surface area contributed by atoms with E-state index in [1.807, 2.05) is 26.0 Å². The summed E-state index contributed by atoms with van der Waals surface area (Å²) in [5.41, 5.74) is 4.35. The number of anilines is 4. The molecule has 64 heavy (non-hydrogen) atoms. The number of benzene rings is 2. The van der Waals surface area contributed by atoms with Crippen molar-refractivity contribution in [3.63, 3.8) is 0 Å². The number of pyridine rings is 2. The number of aryl methyl sites for hydroxylation is 2. The second-order valence-electron chi connectivity index (χ2n) is 16.0. The van der Waals surface area contributed by atoms with Crippen molar-refractivity contribution in [2.24, 2.45) is 0 Å². The number of fused-ring (bicyclic) bond motifs is 4. The van der Waals surface area contributed by atoms with Crippen molar-refractivity contribution in [1.29, 1.82) is 0 Å². The van der Waals surface area contributed by atoms with E-state index in [0.717, 1.165) is 79.8 Å². The molecule has 2 unspecified atom stereocenters. The van der Waals surface area contributed by atoms with E-state index in [1.54, 1.807) is 48.5 Å². The van der Waals surface area contributed by atoms with Gasteiger partial charge in [-0.15, -0.1) is 0 Å². The number of piperazine rings is 1. The Morgan fingerprint density at radius 1 is 0.719 bits per heavy atom. The summed E-state index contributed by atoms with van der Waals surface area (Å²) in [4.78, 5) is 59.3. The van der Waals surface area contributed by atoms with E-state index in [1.165, 1.54) is 0 Å². The molecule has 2 aromatic carbocycles. The van der Waals surface area contributed by atoms with E-state index in [0.29, 0.717) is 72.4 Å². The smallest absolute Gasteiger partial charge is 0.263 e. The summed E-state index contributed by atoms with van der Waals surface area (Å²) in [6.45, 7) is 7.14. The number of carbonyl (C=O) groups is 2. The standard InChI is InChI=1S/C23H26Cl2N6O2.C21H20Cl2N6O2/c1-14-22-18(27-23(26-14)31-10-8-16(9-11-31)30(2)3)5-7-20(29-22)28-21(32)13-33-19-6-4-15(24)12-17(19)25;1-11-20-16(26-21(25-11)29-9-13-7-14(29)8-24-13)3-5-18(28-20)27-19(30)10-31-17-4-2-12(22)6-15(17)23/h4-7,12,16H,8-11,13H2,1-3H3,(H,28,29,32);2-6,13-14,24H,7-10H2,1H3,(H,27,28,30). The predicted molar refractivity (Wildman–Crippen MR) is 252 cm³/mol. The Morgan fingerprint density at radius 2 is 1.23 bits per heavy atom. The number of ether oxygens (including phenoxy) is 2. The van der Waals surface area contributed by atoms with Crippen LogP contribution in [0.1, 0.15) is 30.7 Å². The SMILES string of the molecule is Cc1nc(N2CC3CC2CN3)nc2ccc(NC(=O)COc3ccc(Cl)cc3Cl)nc12.Cc1nc(N2CCC(N(C)C)CC2)nc2ccc(NC(=O)COc3ccc(Cl)cc3Cl)nc12. The molecule has 0 aliphatic carbocycles. The van der Waals surface area contributed by atoms with Crippen LogP contribution in [0.15, 0.2) is 60.7 Å². The van der Waals surface area contributed by atoms with Crippen LogP contribution in [0.3, 0.4) is 0 Å². The number of aromatic nitrogens is 6. The number of nitrogens with zero attached hydrogens (tertiary/aromatic N) is 9. The molecule has 7 heterocycles. The fourth-order valence-corrected chi connectivity index (χ4v) is 8.84. The lowest BCUT2D eigenvalue weighted by atomic mass is 10.0. The highest BCUT2D eigenvalue weighted by atomic mass is 35.5. The fraction of sp³-hybridized carbons (Fsp3) is 0.364. The zero-order valence-electron chi connectivity index (χ0n) is 35.5.